The quantitative estimate of drug-likeness (QED) is 0.279. The summed E-state index contributed by atoms with van der Waals surface area (Å²) < 4.78 is 0. The number of benzene rings is 1. The lowest BCUT2D eigenvalue weighted by Crippen LogP contribution is -2.16. The highest BCUT2D eigenvalue weighted by atomic mass is 35.5. The van der Waals surface area contributed by atoms with Crippen molar-refractivity contribution in [2.75, 3.05) is 0 Å². The molecule has 0 spiro atoms. The van der Waals surface area contributed by atoms with Crippen LogP contribution in [-0.2, 0) is 6.42 Å². The van der Waals surface area contributed by atoms with E-state index >= 15 is 0 Å². The van der Waals surface area contributed by atoms with Gasteiger partial charge in [-0.15, -0.1) is 0 Å². The molecule has 0 aromatic heterocycles. The molecule has 0 heterocycles. The van der Waals surface area contributed by atoms with Gasteiger partial charge in [-0.3, -0.25) is 0 Å². The van der Waals surface area contributed by atoms with Crippen molar-refractivity contribution in [2.45, 2.75) is 84.5 Å². The molecule has 0 N–H and O–H groups in total. The molecule has 1 heteroatoms. The molecule has 0 fully saturated rings. The second-order valence-corrected chi connectivity index (χ2v) is 8.46. The zero-order valence-electron chi connectivity index (χ0n) is 17.6. The summed E-state index contributed by atoms with van der Waals surface area (Å²) in [4.78, 5) is 0. The first-order chi connectivity index (χ1) is 13.1. The fourth-order valence-corrected chi connectivity index (χ4v) is 4.88. The van der Waals surface area contributed by atoms with E-state index in [4.69, 9.17) is 11.6 Å². The number of unbranched alkanes of at least 4 members (excludes halogenated alkanes) is 3. The van der Waals surface area contributed by atoms with E-state index in [1.54, 1.807) is 5.57 Å². The molecule has 0 amide bonds. The van der Waals surface area contributed by atoms with Crippen molar-refractivity contribution in [3.63, 3.8) is 0 Å². The van der Waals surface area contributed by atoms with Gasteiger partial charge in [0, 0.05) is 10.9 Å². The summed E-state index contributed by atoms with van der Waals surface area (Å²) in [5.41, 5.74) is 6.02. The number of hydrogen-bond donors (Lipinski definition) is 0. The number of allylic oxidation sites excluding steroid dienone is 5. The Bertz CT molecular complexity index is 665. The maximum absolute atomic E-state index is 6.35. The van der Waals surface area contributed by atoms with Gasteiger partial charge in [-0.25, -0.2) is 0 Å². The number of hydrogen-bond acceptors (Lipinski definition) is 0. The lowest BCUT2D eigenvalue weighted by atomic mass is 9.74. The van der Waals surface area contributed by atoms with E-state index in [1.807, 2.05) is 6.08 Å². The molecule has 1 aromatic rings. The van der Waals surface area contributed by atoms with Gasteiger partial charge in [0.1, 0.15) is 0 Å². The largest absolute Gasteiger partial charge is 0.0991 e. The van der Waals surface area contributed by atoms with Crippen LogP contribution in [-0.4, -0.2) is 0 Å². The third kappa shape index (κ3) is 6.11. The maximum atomic E-state index is 6.35. The Morgan fingerprint density at radius 1 is 1.11 bits per heavy atom. The van der Waals surface area contributed by atoms with Gasteiger partial charge in [0.2, 0.25) is 0 Å². The number of fused-ring (bicyclic) bond motifs is 1. The zero-order chi connectivity index (χ0) is 19.6. The van der Waals surface area contributed by atoms with Crippen molar-refractivity contribution in [3.05, 3.63) is 70.3 Å². The standard InChI is InChI=1S/C26H37Cl/c1-5-8-10-11-14-22(12-7-3)26-20(4)21(13-9-6-2)15-16-23-19-24(27)17-18-25(23)26/h6,9,13,17-19,22,26H,2,5,7-8,10-12,14-16H2,1,3-4H3/b13-9-. The first-order valence-electron chi connectivity index (χ1n) is 10.9. The van der Waals surface area contributed by atoms with Crippen LogP contribution >= 0.6 is 11.6 Å². The average Bonchev–Trinajstić information content (AvgIpc) is 2.79. The van der Waals surface area contributed by atoms with E-state index in [0.717, 1.165) is 23.8 Å². The van der Waals surface area contributed by atoms with Gasteiger partial charge in [0.05, 0.1) is 0 Å². The van der Waals surface area contributed by atoms with Crippen molar-refractivity contribution in [1.82, 2.24) is 0 Å². The molecule has 2 unspecified atom stereocenters. The lowest BCUT2D eigenvalue weighted by Gasteiger charge is -2.30. The number of halogens is 1. The molecule has 1 aromatic carbocycles. The first-order valence-corrected chi connectivity index (χ1v) is 11.3. The molecule has 0 saturated heterocycles. The van der Waals surface area contributed by atoms with Crippen molar-refractivity contribution in [3.8, 4) is 0 Å². The fraction of sp³-hybridized carbons (Fsp3) is 0.538. The molecule has 0 aliphatic heterocycles. The van der Waals surface area contributed by atoms with Gasteiger partial charge in [0.25, 0.3) is 0 Å². The minimum absolute atomic E-state index is 0.519. The normalized spacial score (nSPS) is 18.4. The third-order valence-electron chi connectivity index (χ3n) is 6.07. The van der Waals surface area contributed by atoms with Crippen molar-refractivity contribution >= 4 is 11.6 Å². The summed E-state index contributed by atoms with van der Waals surface area (Å²) in [7, 11) is 0. The van der Waals surface area contributed by atoms with Gasteiger partial charge < -0.3 is 0 Å². The molecule has 2 atom stereocenters. The molecule has 1 aliphatic carbocycles. The average molecular weight is 385 g/mol. The Hall–Kier alpha value is -1.27. The minimum atomic E-state index is 0.519. The van der Waals surface area contributed by atoms with Crippen LogP contribution in [0.1, 0.15) is 89.2 Å². The highest BCUT2D eigenvalue weighted by molar-refractivity contribution is 6.30. The number of rotatable bonds is 10. The molecule has 0 saturated carbocycles. The Kier molecular flexibility index (Phi) is 9.42. The monoisotopic (exact) mass is 384 g/mol. The molecule has 2 rings (SSSR count). The SMILES string of the molecule is C=C/C=C\C1=C(C)C(C(CCC)CCCCCC)c2ccc(Cl)cc2CC1. The Labute approximate surface area is 172 Å². The summed E-state index contributed by atoms with van der Waals surface area (Å²) in [5, 5.41) is 0.866. The summed E-state index contributed by atoms with van der Waals surface area (Å²) in [5.74, 6) is 1.24. The summed E-state index contributed by atoms with van der Waals surface area (Å²) in [6.45, 7) is 10.8. The van der Waals surface area contributed by atoms with Crippen LogP contribution in [0, 0.1) is 5.92 Å². The van der Waals surface area contributed by atoms with E-state index in [9.17, 15) is 0 Å². The Morgan fingerprint density at radius 3 is 2.63 bits per heavy atom. The van der Waals surface area contributed by atoms with E-state index in [0.29, 0.717) is 5.92 Å². The molecule has 0 bridgehead atoms. The molecule has 1 aliphatic rings. The zero-order valence-corrected chi connectivity index (χ0v) is 18.3. The first kappa shape index (κ1) is 22.0. The van der Waals surface area contributed by atoms with Gasteiger partial charge in [-0.1, -0.05) is 94.0 Å². The molecule has 148 valence electrons. The van der Waals surface area contributed by atoms with E-state index in [2.05, 4.69) is 57.7 Å². The van der Waals surface area contributed by atoms with E-state index in [1.165, 1.54) is 61.6 Å². The van der Waals surface area contributed by atoms with E-state index in [-0.39, 0.29) is 0 Å². The van der Waals surface area contributed by atoms with Crippen LogP contribution < -0.4 is 0 Å². The second-order valence-electron chi connectivity index (χ2n) is 8.02. The van der Waals surface area contributed by atoms with Crippen LogP contribution in [0.25, 0.3) is 0 Å². The smallest absolute Gasteiger partial charge is 0.0408 e. The maximum Gasteiger partial charge on any atom is 0.0408 e. The highest BCUT2D eigenvalue weighted by Gasteiger charge is 2.29. The van der Waals surface area contributed by atoms with Gasteiger partial charge in [0.15, 0.2) is 0 Å². The number of aryl methyl sites for hydroxylation is 1. The lowest BCUT2D eigenvalue weighted by molar-refractivity contribution is 0.377. The van der Waals surface area contributed by atoms with Crippen molar-refractivity contribution in [1.29, 1.82) is 0 Å². The topological polar surface area (TPSA) is 0 Å². The van der Waals surface area contributed by atoms with Crippen molar-refractivity contribution < 1.29 is 0 Å². The second kappa shape index (κ2) is 11.5. The Balaban J connectivity index is 2.42. The van der Waals surface area contributed by atoms with E-state index < -0.39 is 0 Å². The summed E-state index contributed by atoms with van der Waals surface area (Å²) in [6, 6.07) is 6.60. The van der Waals surface area contributed by atoms with Crippen LogP contribution in [0.4, 0.5) is 0 Å². The molecule has 0 radical (unpaired) electrons. The van der Waals surface area contributed by atoms with Crippen LogP contribution in [0.15, 0.2) is 54.2 Å². The Morgan fingerprint density at radius 2 is 1.93 bits per heavy atom. The van der Waals surface area contributed by atoms with Gasteiger partial charge in [-0.2, -0.15) is 0 Å². The predicted molar refractivity (Wildman–Crippen MR) is 122 cm³/mol. The minimum Gasteiger partial charge on any atom is -0.0991 e. The van der Waals surface area contributed by atoms with Crippen LogP contribution in [0.2, 0.25) is 5.02 Å². The van der Waals surface area contributed by atoms with Gasteiger partial charge >= 0.3 is 0 Å². The van der Waals surface area contributed by atoms with Crippen LogP contribution in [0.3, 0.4) is 0 Å². The summed E-state index contributed by atoms with van der Waals surface area (Å²) >= 11 is 6.35. The fourth-order valence-electron chi connectivity index (χ4n) is 4.68. The highest BCUT2D eigenvalue weighted by Crippen LogP contribution is 2.44. The molecule has 0 nitrogen and oxygen atoms in total. The molecular formula is C26H37Cl. The molecular weight excluding hydrogens is 348 g/mol. The van der Waals surface area contributed by atoms with Crippen LogP contribution in [0.5, 0.6) is 0 Å². The summed E-state index contributed by atoms with van der Waals surface area (Å²) in [6.07, 6.45) is 17.7. The van der Waals surface area contributed by atoms with Gasteiger partial charge in [-0.05, 0) is 67.4 Å². The third-order valence-corrected chi connectivity index (χ3v) is 6.30. The molecule has 27 heavy (non-hydrogen) atoms. The predicted octanol–water partition coefficient (Wildman–Crippen LogP) is 8.82. The van der Waals surface area contributed by atoms with Crippen molar-refractivity contribution in [2.24, 2.45) is 5.92 Å².